The van der Waals surface area contributed by atoms with Crippen LogP contribution in [0.5, 0.6) is 5.75 Å². The molecule has 0 aliphatic carbocycles. The molecule has 0 aliphatic heterocycles. The molecule has 0 saturated heterocycles. The molecule has 7 heteroatoms. The molecule has 3 aromatic carbocycles. The van der Waals surface area contributed by atoms with Crippen molar-refractivity contribution in [3.05, 3.63) is 83.4 Å². The Bertz CT molecular complexity index is 1220. The number of nitrogens with one attached hydrogen (secondary N) is 1. The van der Waals surface area contributed by atoms with E-state index in [0.29, 0.717) is 11.4 Å². The number of sulfonamides is 1. The van der Waals surface area contributed by atoms with E-state index >= 15 is 0 Å². The van der Waals surface area contributed by atoms with Crippen molar-refractivity contribution < 1.29 is 17.9 Å². The molecule has 0 heterocycles. The van der Waals surface area contributed by atoms with E-state index in [1.807, 2.05) is 44.2 Å². The van der Waals surface area contributed by atoms with Crippen LogP contribution in [0.4, 0.5) is 11.4 Å². The molecule has 1 amide bonds. The Morgan fingerprint density at radius 2 is 1.61 bits per heavy atom. The van der Waals surface area contributed by atoms with Gasteiger partial charge in [0.25, 0.3) is 10.0 Å². The van der Waals surface area contributed by atoms with E-state index in [1.165, 1.54) is 19.2 Å². The van der Waals surface area contributed by atoms with Crippen molar-refractivity contribution in [1.82, 2.24) is 0 Å². The standard InChI is InChI=1S/C26H30N2O4S/c1-18(2)24-8-6-7-20(4)26(24)27-25(29)17-28(21-11-9-19(3)10-12-21)33(30,31)23-15-13-22(32-5)14-16-23/h6-16,18H,17H2,1-5H3,(H,27,29). The number of nitrogens with zero attached hydrogens (tertiary/aromatic N) is 1. The second-order valence-corrected chi connectivity index (χ2v) is 10.1. The number of aryl methyl sites for hydroxylation is 2. The van der Waals surface area contributed by atoms with Crippen LogP contribution in [-0.2, 0) is 14.8 Å². The largest absolute Gasteiger partial charge is 0.497 e. The van der Waals surface area contributed by atoms with Crippen LogP contribution in [0.3, 0.4) is 0 Å². The Hall–Kier alpha value is -3.32. The third-order valence-corrected chi connectivity index (χ3v) is 7.24. The van der Waals surface area contributed by atoms with Gasteiger partial charge in [-0.25, -0.2) is 8.42 Å². The highest BCUT2D eigenvalue weighted by molar-refractivity contribution is 7.92. The summed E-state index contributed by atoms with van der Waals surface area (Å²) in [5.41, 5.74) is 4.06. The van der Waals surface area contributed by atoms with Gasteiger partial charge in [-0.1, -0.05) is 49.7 Å². The summed E-state index contributed by atoms with van der Waals surface area (Å²) < 4.78 is 33.4. The molecule has 1 N–H and O–H groups in total. The lowest BCUT2D eigenvalue weighted by Crippen LogP contribution is -2.38. The molecule has 0 fully saturated rings. The molecule has 174 valence electrons. The summed E-state index contributed by atoms with van der Waals surface area (Å²) in [6, 6.07) is 19.0. The van der Waals surface area contributed by atoms with Gasteiger partial charge in [0, 0.05) is 5.69 Å². The minimum absolute atomic E-state index is 0.0791. The minimum atomic E-state index is -4.00. The molecule has 0 atom stereocenters. The number of methoxy groups -OCH3 is 1. The summed E-state index contributed by atoms with van der Waals surface area (Å²) in [5, 5.41) is 2.95. The molecule has 3 rings (SSSR count). The van der Waals surface area contributed by atoms with E-state index in [2.05, 4.69) is 19.2 Å². The molecule has 0 saturated carbocycles. The van der Waals surface area contributed by atoms with Crippen molar-refractivity contribution in [2.24, 2.45) is 0 Å². The molecule has 0 spiro atoms. The molecule has 0 bridgehead atoms. The number of anilines is 2. The van der Waals surface area contributed by atoms with E-state index in [9.17, 15) is 13.2 Å². The first-order valence-corrected chi connectivity index (χ1v) is 12.2. The first-order chi connectivity index (χ1) is 15.6. The zero-order chi connectivity index (χ0) is 24.2. The number of rotatable bonds is 8. The highest BCUT2D eigenvalue weighted by atomic mass is 32.2. The van der Waals surface area contributed by atoms with Crippen molar-refractivity contribution in [3.63, 3.8) is 0 Å². The van der Waals surface area contributed by atoms with E-state index in [-0.39, 0.29) is 17.4 Å². The fourth-order valence-electron chi connectivity index (χ4n) is 3.55. The van der Waals surface area contributed by atoms with Crippen LogP contribution in [0, 0.1) is 13.8 Å². The zero-order valence-corrected chi connectivity index (χ0v) is 20.4. The lowest BCUT2D eigenvalue weighted by Gasteiger charge is -2.25. The number of amides is 1. The van der Waals surface area contributed by atoms with Gasteiger partial charge in [-0.3, -0.25) is 9.10 Å². The predicted octanol–water partition coefficient (Wildman–Crippen LogP) is 5.27. The number of hydrogen-bond acceptors (Lipinski definition) is 4. The zero-order valence-electron chi connectivity index (χ0n) is 19.6. The Morgan fingerprint density at radius 3 is 2.18 bits per heavy atom. The highest BCUT2D eigenvalue weighted by Gasteiger charge is 2.28. The van der Waals surface area contributed by atoms with E-state index in [1.54, 1.807) is 24.3 Å². The van der Waals surface area contributed by atoms with Gasteiger partial charge in [-0.15, -0.1) is 0 Å². The average molecular weight is 467 g/mol. The smallest absolute Gasteiger partial charge is 0.264 e. The number of carbonyl (C=O) groups excluding carboxylic acids is 1. The van der Waals surface area contributed by atoms with Gasteiger partial charge in [0.05, 0.1) is 17.7 Å². The topological polar surface area (TPSA) is 75.7 Å². The van der Waals surface area contributed by atoms with Crippen LogP contribution in [0.1, 0.15) is 36.5 Å². The van der Waals surface area contributed by atoms with E-state index < -0.39 is 15.9 Å². The molecular formula is C26H30N2O4S. The van der Waals surface area contributed by atoms with Crippen LogP contribution in [0.25, 0.3) is 0 Å². The lowest BCUT2D eigenvalue weighted by molar-refractivity contribution is -0.114. The Kier molecular flexibility index (Phi) is 7.43. The number of benzene rings is 3. The summed E-state index contributed by atoms with van der Waals surface area (Å²) in [4.78, 5) is 13.2. The summed E-state index contributed by atoms with van der Waals surface area (Å²) in [7, 11) is -2.48. The molecule has 33 heavy (non-hydrogen) atoms. The molecule has 0 unspecified atom stereocenters. The predicted molar refractivity (Wildman–Crippen MR) is 133 cm³/mol. The van der Waals surface area contributed by atoms with Gasteiger partial charge in [0.1, 0.15) is 12.3 Å². The lowest BCUT2D eigenvalue weighted by atomic mass is 9.98. The summed E-state index contributed by atoms with van der Waals surface area (Å²) in [6.45, 7) is 7.59. The fraction of sp³-hybridized carbons (Fsp3) is 0.269. The first-order valence-electron chi connectivity index (χ1n) is 10.8. The fourth-order valence-corrected chi connectivity index (χ4v) is 4.97. The monoisotopic (exact) mass is 466 g/mol. The SMILES string of the molecule is COc1ccc(S(=O)(=O)N(CC(=O)Nc2c(C)cccc2C(C)C)c2ccc(C)cc2)cc1. The third kappa shape index (κ3) is 5.54. The van der Waals surface area contributed by atoms with Crippen molar-refractivity contribution in [2.75, 3.05) is 23.3 Å². The minimum Gasteiger partial charge on any atom is -0.497 e. The van der Waals surface area contributed by atoms with Crippen LogP contribution < -0.4 is 14.4 Å². The molecule has 0 aliphatic rings. The molecule has 0 radical (unpaired) electrons. The Morgan fingerprint density at radius 1 is 0.970 bits per heavy atom. The number of hydrogen-bond donors (Lipinski definition) is 1. The van der Waals surface area contributed by atoms with E-state index in [0.717, 1.165) is 26.7 Å². The van der Waals surface area contributed by atoms with Gasteiger partial charge in [0.15, 0.2) is 0 Å². The summed E-state index contributed by atoms with van der Waals surface area (Å²) in [6.07, 6.45) is 0. The van der Waals surface area contributed by atoms with Crippen LogP contribution in [0.2, 0.25) is 0 Å². The third-order valence-electron chi connectivity index (χ3n) is 5.45. The molecule has 3 aromatic rings. The highest BCUT2D eigenvalue weighted by Crippen LogP contribution is 2.29. The van der Waals surface area contributed by atoms with Crippen LogP contribution in [-0.4, -0.2) is 28.0 Å². The summed E-state index contributed by atoms with van der Waals surface area (Å²) >= 11 is 0. The molecule has 0 aromatic heterocycles. The first kappa shape index (κ1) is 24.3. The maximum absolute atomic E-state index is 13.6. The van der Waals surface area contributed by atoms with Crippen LogP contribution >= 0.6 is 0 Å². The number of carbonyl (C=O) groups is 1. The normalized spacial score (nSPS) is 11.3. The van der Waals surface area contributed by atoms with Gasteiger partial charge in [-0.2, -0.15) is 0 Å². The summed E-state index contributed by atoms with van der Waals surface area (Å²) in [5.74, 6) is 0.342. The maximum atomic E-state index is 13.6. The average Bonchev–Trinajstić information content (AvgIpc) is 2.79. The number of para-hydroxylation sites is 1. The second-order valence-electron chi connectivity index (χ2n) is 8.26. The quantitative estimate of drug-likeness (QED) is 0.491. The Balaban J connectivity index is 1.97. The van der Waals surface area contributed by atoms with Crippen molar-refractivity contribution >= 4 is 27.3 Å². The second kappa shape index (κ2) is 10.1. The molecule has 6 nitrogen and oxygen atoms in total. The van der Waals surface area contributed by atoms with Crippen molar-refractivity contribution in [1.29, 1.82) is 0 Å². The van der Waals surface area contributed by atoms with E-state index in [4.69, 9.17) is 4.74 Å². The van der Waals surface area contributed by atoms with Gasteiger partial charge in [-0.05, 0) is 67.3 Å². The van der Waals surface area contributed by atoms with Crippen LogP contribution in [0.15, 0.2) is 71.6 Å². The number of ether oxygens (including phenoxy) is 1. The van der Waals surface area contributed by atoms with Gasteiger partial charge >= 0.3 is 0 Å². The van der Waals surface area contributed by atoms with Crippen molar-refractivity contribution in [2.45, 2.75) is 38.5 Å². The Labute approximate surface area is 196 Å². The van der Waals surface area contributed by atoms with Gasteiger partial charge < -0.3 is 10.1 Å². The molecular weight excluding hydrogens is 436 g/mol. The van der Waals surface area contributed by atoms with Gasteiger partial charge in [0.2, 0.25) is 5.91 Å². The maximum Gasteiger partial charge on any atom is 0.264 e. The van der Waals surface area contributed by atoms with Crippen molar-refractivity contribution in [3.8, 4) is 5.75 Å².